The van der Waals surface area contributed by atoms with Gasteiger partial charge < -0.3 is 14.8 Å². The average molecular weight is 210 g/mol. The van der Waals surface area contributed by atoms with Crippen molar-refractivity contribution in [1.82, 2.24) is 5.32 Å². The molecule has 1 saturated heterocycles. The summed E-state index contributed by atoms with van der Waals surface area (Å²) in [4.78, 5) is 11.0. The second-order valence-electron chi connectivity index (χ2n) is 2.71. The molecule has 0 aromatic rings. The van der Waals surface area contributed by atoms with Crippen LogP contribution in [0.5, 0.6) is 0 Å². The van der Waals surface area contributed by atoms with Crippen LogP contribution in [0.2, 0.25) is 0 Å². The number of nitrogens with one attached hydrogen (secondary N) is 1. The largest absolute Gasteiger partial charge is 0.466 e. The molecule has 0 unspecified atom stereocenters. The molecule has 0 spiro atoms. The summed E-state index contributed by atoms with van der Waals surface area (Å²) in [6, 6.07) is 0. The summed E-state index contributed by atoms with van der Waals surface area (Å²) in [5, 5.41) is 3.15. The van der Waals surface area contributed by atoms with Crippen LogP contribution in [0.4, 0.5) is 0 Å². The molecule has 1 aliphatic rings. The standard InChI is InChI=1S/C8H15NO3.ClH/c1-2-11-8(10)5-7-6-9-3-4-12-7;/h7,9H,2-6H2,1H3;1H/t7-;/m0./s1. The van der Waals surface area contributed by atoms with Gasteiger partial charge in [-0.25, -0.2) is 0 Å². The van der Waals surface area contributed by atoms with E-state index in [1.165, 1.54) is 0 Å². The minimum Gasteiger partial charge on any atom is -0.466 e. The van der Waals surface area contributed by atoms with Gasteiger partial charge in [-0.15, -0.1) is 12.4 Å². The molecule has 4 nitrogen and oxygen atoms in total. The summed E-state index contributed by atoms with van der Waals surface area (Å²) in [5.74, 6) is -0.175. The number of hydrogen-bond donors (Lipinski definition) is 1. The van der Waals surface area contributed by atoms with Crippen molar-refractivity contribution in [1.29, 1.82) is 0 Å². The molecule has 0 aliphatic carbocycles. The van der Waals surface area contributed by atoms with Crippen molar-refractivity contribution < 1.29 is 14.3 Å². The lowest BCUT2D eigenvalue weighted by Crippen LogP contribution is -2.39. The molecule has 1 atom stereocenters. The van der Waals surface area contributed by atoms with Gasteiger partial charge in [0.2, 0.25) is 0 Å². The van der Waals surface area contributed by atoms with E-state index in [-0.39, 0.29) is 24.5 Å². The lowest BCUT2D eigenvalue weighted by Gasteiger charge is -2.22. The first-order chi connectivity index (χ1) is 5.83. The van der Waals surface area contributed by atoms with Crippen molar-refractivity contribution in [3.05, 3.63) is 0 Å². The lowest BCUT2D eigenvalue weighted by atomic mass is 10.2. The van der Waals surface area contributed by atoms with Crippen LogP contribution >= 0.6 is 12.4 Å². The fourth-order valence-corrected chi connectivity index (χ4v) is 1.16. The highest BCUT2D eigenvalue weighted by Gasteiger charge is 2.17. The Kier molecular flexibility index (Phi) is 6.94. The van der Waals surface area contributed by atoms with E-state index in [9.17, 15) is 4.79 Å². The molecule has 78 valence electrons. The maximum Gasteiger partial charge on any atom is 0.308 e. The Balaban J connectivity index is 0.00000144. The zero-order chi connectivity index (χ0) is 8.81. The number of ether oxygens (including phenoxy) is 2. The highest BCUT2D eigenvalue weighted by Crippen LogP contribution is 2.02. The van der Waals surface area contributed by atoms with E-state index in [1.54, 1.807) is 6.92 Å². The highest BCUT2D eigenvalue weighted by atomic mass is 35.5. The smallest absolute Gasteiger partial charge is 0.308 e. The first kappa shape index (κ1) is 12.7. The average Bonchev–Trinajstić information content (AvgIpc) is 2.06. The van der Waals surface area contributed by atoms with Gasteiger partial charge in [-0.05, 0) is 6.92 Å². The molecule has 1 fully saturated rings. The van der Waals surface area contributed by atoms with Crippen LogP contribution in [0.15, 0.2) is 0 Å². The number of carbonyl (C=O) groups is 1. The summed E-state index contributed by atoms with van der Waals surface area (Å²) < 4.78 is 10.1. The predicted octanol–water partition coefficient (Wildman–Crippen LogP) is 0.350. The van der Waals surface area contributed by atoms with Gasteiger partial charge in [0, 0.05) is 13.1 Å². The van der Waals surface area contributed by atoms with Gasteiger partial charge in [0.05, 0.1) is 25.7 Å². The summed E-state index contributed by atoms with van der Waals surface area (Å²) in [6.45, 7) is 4.55. The van der Waals surface area contributed by atoms with Crippen molar-refractivity contribution in [2.45, 2.75) is 19.4 Å². The second kappa shape index (κ2) is 7.12. The molecule has 1 N–H and O–H groups in total. The molecular weight excluding hydrogens is 194 g/mol. The number of morpholine rings is 1. The first-order valence-corrected chi connectivity index (χ1v) is 4.31. The van der Waals surface area contributed by atoms with Crippen LogP contribution in [0.25, 0.3) is 0 Å². The van der Waals surface area contributed by atoms with Gasteiger partial charge in [-0.2, -0.15) is 0 Å². The van der Waals surface area contributed by atoms with Crippen molar-refractivity contribution in [3.63, 3.8) is 0 Å². The predicted molar refractivity (Wildman–Crippen MR) is 51.1 cm³/mol. The van der Waals surface area contributed by atoms with E-state index in [0.29, 0.717) is 19.6 Å². The minimum absolute atomic E-state index is 0. The lowest BCUT2D eigenvalue weighted by molar-refractivity contribution is -0.146. The molecule has 1 aliphatic heterocycles. The number of halogens is 1. The van der Waals surface area contributed by atoms with Gasteiger partial charge in [0.15, 0.2) is 0 Å². The third-order valence-corrected chi connectivity index (χ3v) is 1.70. The van der Waals surface area contributed by atoms with Crippen molar-refractivity contribution >= 4 is 18.4 Å². The fourth-order valence-electron chi connectivity index (χ4n) is 1.16. The molecule has 0 amide bonds. The topological polar surface area (TPSA) is 47.6 Å². The van der Waals surface area contributed by atoms with Crippen LogP contribution in [-0.4, -0.2) is 38.4 Å². The quantitative estimate of drug-likeness (QED) is 0.682. The third kappa shape index (κ3) is 5.08. The van der Waals surface area contributed by atoms with Crippen LogP contribution in [0, 0.1) is 0 Å². The van der Waals surface area contributed by atoms with Crippen molar-refractivity contribution in [2.75, 3.05) is 26.3 Å². The highest BCUT2D eigenvalue weighted by molar-refractivity contribution is 5.85. The molecule has 0 aromatic heterocycles. The van der Waals surface area contributed by atoms with E-state index in [2.05, 4.69) is 5.32 Å². The maximum atomic E-state index is 11.0. The summed E-state index contributed by atoms with van der Waals surface area (Å²) in [6.07, 6.45) is 0.360. The molecule has 0 radical (unpaired) electrons. The number of esters is 1. The molecule has 0 aromatic carbocycles. The fraction of sp³-hybridized carbons (Fsp3) is 0.875. The third-order valence-electron chi connectivity index (χ3n) is 1.70. The summed E-state index contributed by atoms with van der Waals surface area (Å²) >= 11 is 0. The Morgan fingerprint density at radius 1 is 1.69 bits per heavy atom. The Hall–Kier alpha value is -0.320. The SMILES string of the molecule is CCOC(=O)C[C@H]1CNCCO1.Cl. The summed E-state index contributed by atoms with van der Waals surface area (Å²) in [7, 11) is 0. The maximum absolute atomic E-state index is 11.0. The number of rotatable bonds is 3. The molecule has 5 heteroatoms. The van der Waals surface area contributed by atoms with Crippen LogP contribution in [0.1, 0.15) is 13.3 Å². The normalized spacial score (nSPS) is 21.8. The zero-order valence-electron chi connectivity index (χ0n) is 7.75. The Morgan fingerprint density at radius 2 is 2.46 bits per heavy atom. The van der Waals surface area contributed by atoms with E-state index >= 15 is 0 Å². The zero-order valence-corrected chi connectivity index (χ0v) is 8.56. The molecule has 0 saturated carbocycles. The second-order valence-corrected chi connectivity index (χ2v) is 2.71. The van der Waals surface area contributed by atoms with E-state index in [1.807, 2.05) is 0 Å². The summed E-state index contributed by atoms with van der Waals surface area (Å²) in [5.41, 5.74) is 0. The van der Waals surface area contributed by atoms with Gasteiger partial charge in [0.1, 0.15) is 0 Å². The molecule has 1 heterocycles. The number of hydrogen-bond acceptors (Lipinski definition) is 4. The van der Waals surface area contributed by atoms with E-state index < -0.39 is 0 Å². The van der Waals surface area contributed by atoms with Crippen LogP contribution in [-0.2, 0) is 14.3 Å². The van der Waals surface area contributed by atoms with E-state index in [0.717, 1.165) is 13.1 Å². The van der Waals surface area contributed by atoms with Crippen molar-refractivity contribution in [3.8, 4) is 0 Å². The Morgan fingerprint density at radius 3 is 3.00 bits per heavy atom. The van der Waals surface area contributed by atoms with Crippen LogP contribution < -0.4 is 5.32 Å². The van der Waals surface area contributed by atoms with Gasteiger partial charge in [0.25, 0.3) is 0 Å². The molecule has 13 heavy (non-hydrogen) atoms. The van der Waals surface area contributed by atoms with Gasteiger partial charge in [-0.3, -0.25) is 4.79 Å². The Labute approximate surface area is 84.4 Å². The molecule has 0 bridgehead atoms. The van der Waals surface area contributed by atoms with E-state index in [4.69, 9.17) is 9.47 Å². The first-order valence-electron chi connectivity index (χ1n) is 4.31. The Bertz CT molecular complexity index is 148. The molecular formula is C8H16ClNO3. The van der Waals surface area contributed by atoms with Crippen molar-refractivity contribution in [2.24, 2.45) is 0 Å². The van der Waals surface area contributed by atoms with Gasteiger partial charge >= 0.3 is 5.97 Å². The molecule has 1 rings (SSSR count). The minimum atomic E-state index is -0.175. The van der Waals surface area contributed by atoms with Crippen LogP contribution in [0.3, 0.4) is 0 Å². The number of carbonyl (C=O) groups excluding carboxylic acids is 1. The monoisotopic (exact) mass is 209 g/mol. The van der Waals surface area contributed by atoms with Gasteiger partial charge in [-0.1, -0.05) is 0 Å².